The van der Waals surface area contributed by atoms with Crippen LogP contribution < -0.4 is 10.2 Å². The molecule has 4 rings (SSSR count). The summed E-state index contributed by atoms with van der Waals surface area (Å²) in [5.74, 6) is -0.853. The Morgan fingerprint density at radius 3 is 2.41 bits per heavy atom. The molecule has 1 aliphatic rings. The first-order valence-corrected chi connectivity index (χ1v) is 12.9. The number of carbonyl (C=O) groups is 2. The highest BCUT2D eigenvalue weighted by molar-refractivity contribution is 6.32. The van der Waals surface area contributed by atoms with E-state index in [-0.39, 0.29) is 29.8 Å². The first kappa shape index (κ1) is 26.6. The zero-order valence-electron chi connectivity index (χ0n) is 21.5. The minimum atomic E-state index is -0.788. The fourth-order valence-electron chi connectivity index (χ4n) is 4.40. The van der Waals surface area contributed by atoms with E-state index in [1.165, 1.54) is 16.5 Å². The quantitative estimate of drug-likeness (QED) is 0.371. The Morgan fingerprint density at radius 1 is 1.05 bits per heavy atom. The number of carbonyl (C=O) groups excluding carboxylic acids is 2. The summed E-state index contributed by atoms with van der Waals surface area (Å²) in [6.07, 6.45) is 0.684. The number of nitrogens with one attached hydrogen (secondary N) is 1. The van der Waals surface area contributed by atoms with Gasteiger partial charge in [0.05, 0.1) is 11.4 Å². The van der Waals surface area contributed by atoms with E-state index in [0.717, 1.165) is 0 Å². The molecule has 5 nitrogen and oxygen atoms in total. The van der Waals surface area contributed by atoms with Gasteiger partial charge in [-0.05, 0) is 59.9 Å². The first-order valence-electron chi connectivity index (χ1n) is 12.5. The van der Waals surface area contributed by atoms with Crippen molar-refractivity contribution in [3.05, 3.63) is 94.3 Å². The van der Waals surface area contributed by atoms with Gasteiger partial charge >= 0.3 is 0 Å². The fourth-order valence-corrected chi connectivity index (χ4v) is 4.57. The summed E-state index contributed by atoms with van der Waals surface area (Å²) in [6.45, 7) is 7.90. The van der Waals surface area contributed by atoms with E-state index in [1.54, 1.807) is 36.4 Å². The first-order chi connectivity index (χ1) is 17.7. The predicted octanol–water partition coefficient (Wildman–Crippen LogP) is 6.84. The smallest absolute Gasteiger partial charge is 0.252 e. The largest absolute Gasteiger partial charge is 0.325 e. The lowest BCUT2D eigenvalue weighted by molar-refractivity contribution is -0.123. The van der Waals surface area contributed by atoms with E-state index in [2.05, 4.69) is 19.2 Å². The summed E-state index contributed by atoms with van der Waals surface area (Å²) in [5, 5.41) is 3.32. The van der Waals surface area contributed by atoms with Gasteiger partial charge in [-0.25, -0.2) is 4.39 Å². The van der Waals surface area contributed by atoms with Crippen LogP contribution in [-0.2, 0) is 9.59 Å². The van der Waals surface area contributed by atoms with E-state index in [1.807, 2.05) is 38.1 Å². The zero-order chi connectivity index (χ0) is 26.7. The predicted molar refractivity (Wildman–Crippen MR) is 148 cm³/mol. The molecule has 0 saturated carbocycles. The van der Waals surface area contributed by atoms with E-state index in [9.17, 15) is 14.0 Å². The number of fused-ring (bicyclic) bond motifs is 1. The van der Waals surface area contributed by atoms with Crippen LogP contribution in [0.5, 0.6) is 0 Å². The van der Waals surface area contributed by atoms with Gasteiger partial charge < -0.3 is 10.2 Å². The topological polar surface area (TPSA) is 61.8 Å². The molecule has 0 fully saturated rings. The molecule has 0 spiro atoms. The minimum absolute atomic E-state index is 0.131. The summed E-state index contributed by atoms with van der Waals surface area (Å²) in [4.78, 5) is 33.3. The third-order valence-corrected chi connectivity index (χ3v) is 7.00. The number of halogens is 2. The Bertz CT molecular complexity index is 1340. The van der Waals surface area contributed by atoms with Gasteiger partial charge in [0.15, 0.2) is 0 Å². The van der Waals surface area contributed by atoms with Crippen LogP contribution in [0.1, 0.15) is 56.7 Å². The third-order valence-electron chi connectivity index (χ3n) is 6.77. The summed E-state index contributed by atoms with van der Waals surface area (Å²) < 4.78 is 15.0. The van der Waals surface area contributed by atoms with E-state index in [0.29, 0.717) is 40.0 Å². The second-order valence-electron chi connectivity index (χ2n) is 9.70. The van der Waals surface area contributed by atoms with Crippen molar-refractivity contribution >= 4 is 40.5 Å². The number of rotatable bonds is 7. The molecule has 0 bridgehead atoms. The molecule has 0 aromatic heterocycles. The number of amides is 2. The number of hydrogen-bond acceptors (Lipinski definition) is 3. The van der Waals surface area contributed by atoms with E-state index in [4.69, 9.17) is 16.6 Å². The summed E-state index contributed by atoms with van der Waals surface area (Å²) in [5.41, 5.74) is 3.42. The molecule has 0 radical (unpaired) electrons. The second kappa shape index (κ2) is 11.3. The normalized spacial score (nSPS) is 16.2. The van der Waals surface area contributed by atoms with Crippen LogP contribution in [0.25, 0.3) is 0 Å². The molecule has 0 aliphatic carbocycles. The third kappa shape index (κ3) is 5.75. The molecule has 1 N–H and O–H groups in total. The standard InChI is InChI=1S/C30H31ClFN3O2/c1-5-19(4)28-30(37)35(17-27(36)33-22-13-10-20(11-14-22)18(2)3)26-15-12-21(31)16-24(26)29(34-28)23-8-6-7-9-25(23)32/h6-16,18-19,28H,5,17H2,1-4H3,(H,33,36)/t19-,28+/m1/s1. The van der Waals surface area contributed by atoms with Crippen molar-refractivity contribution in [2.45, 2.75) is 46.1 Å². The van der Waals surface area contributed by atoms with Crippen LogP contribution in [0.2, 0.25) is 5.02 Å². The van der Waals surface area contributed by atoms with Gasteiger partial charge in [0.25, 0.3) is 5.91 Å². The average Bonchev–Trinajstić information content (AvgIpc) is 2.99. The van der Waals surface area contributed by atoms with Gasteiger partial charge in [0.1, 0.15) is 18.4 Å². The molecule has 3 aromatic rings. The van der Waals surface area contributed by atoms with Gasteiger partial charge in [-0.15, -0.1) is 0 Å². The number of aliphatic imine (C=N–C) groups is 1. The van der Waals surface area contributed by atoms with Gasteiger partial charge in [0.2, 0.25) is 5.91 Å². The van der Waals surface area contributed by atoms with Crippen molar-refractivity contribution in [1.82, 2.24) is 0 Å². The van der Waals surface area contributed by atoms with Crippen LogP contribution in [0.3, 0.4) is 0 Å². The maximum absolute atomic E-state index is 15.0. The number of benzene rings is 3. The summed E-state index contributed by atoms with van der Waals surface area (Å²) >= 11 is 6.35. The van der Waals surface area contributed by atoms with Gasteiger partial charge in [0, 0.05) is 21.8 Å². The molecule has 3 aromatic carbocycles. The Hall–Kier alpha value is -3.51. The van der Waals surface area contributed by atoms with Crippen molar-refractivity contribution < 1.29 is 14.0 Å². The number of nitrogens with zero attached hydrogens (tertiary/aromatic N) is 2. The van der Waals surface area contributed by atoms with Crippen molar-refractivity contribution in [3.63, 3.8) is 0 Å². The van der Waals surface area contributed by atoms with Crippen molar-refractivity contribution in [2.75, 3.05) is 16.8 Å². The highest BCUT2D eigenvalue weighted by Gasteiger charge is 2.36. The molecule has 1 heterocycles. The van der Waals surface area contributed by atoms with Crippen LogP contribution >= 0.6 is 11.6 Å². The summed E-state index contributed by atoms with van der Waals surface area (Å²) in [7, 11) is 0. The Morgan fingerprint density at radius 2 is 1.76 bits per heavy atom. The minimum Gasteiger partial charge on any atom is -0.325 e. The van der Waals surface area contributed by atoms with E-state index < -0.39 is 11.9 Å². The Kier molecular flexibility index (Phi) is 8.08. The number of anilines is 2. The van der Waals surface area contributed by atoms with Gasteiger partial charge in [-0.2, -0.15) is 0 Å². The Labute approximate surface area is 222 Å². The molecule has 7 heteroatoms. The van der Waals surface area contributed by atoms with Crippen molar-refractivity contribution in [2.24, 2.45) is 10.9 Å². The van der Waals surface area contributed by atoms with Crippen molar-refractivity contribution in [1.29, 1.82) is 0 Å². The lowest BCUT2D eigenvalue weighted by Gasteiger charge is -2.26. The maximum atomic E-state index is 15.0. The molecular formula is C30H31ClFN3O2. The molecule has 2 atom stereocenters. The van der Waals surface area contributed by atoms with Gasteiger partial charge in [-0.3, -0.25) is 14.6 Å². The molecule has 192 valence electrons. The summed E-state index contributed by atoms with van der Waals surface area (Å²) in [6, 6.07) is 18.2. The Balaban J connectivity index is 1.75. The second-order valence-corrected chi connectivity index (χ2v) is 10.1. The highest BCUT2D eigenvalue weighted by atomic mass is 35.5. The molecule has 2 amide bonds. The average molecular weight is 520 g/mol. The van der Waals surface area contributed by atoms with Crippen LogP contribution in [0.4, 0.5) is 15.8 Å². The molecule has 0 saturated heterocycles. The molecule has 37 heavy (non-hydrogen) atoms. The van der Waals surface area contributed by atoms with E-state index >= 15 is 0 Å². The van der Waals surface area contributed by atoms with Crippen LogP contribution in [-0.4, -0.2) is 30.1 Å². The SMILES string of the molecule is CC[C@@H](C)[C@@H]1N=C(c2ccccc2F)c2cc(Cl)ccc2N(CC(=O)Nc2ccc(C(C)C)cc2)C1=O. The van der Waals surface area contributed by atoms with Gasteiger partial charge in [-0.1, -0.05) is 70.0 Å². The molecule has 1 aliphatic heterocycles. The zero-order valence-corrected chi connectivity index (χ0v) is 22.2. The number of hydrogen-bond donors (Lipinski definition) is 1. The molecule has 0 unspecified atom stereocenters. The van der Waals surface area contributed by atoms with Crippen LogP contribution in [0, 0.1) is 11.7 Å². The lowest BCUT2D eigenvalue weighted by atomic mass is 9.97. The monoisotopic (exact) mass is 519 g/mol. The van der Waals surface area contributed by atoms with Crippen LogP contribution in [0.15, 0.2) is 71.7 Å². The fraction of sp³-hybridized carbons (Fsp3) is 0.300. The maximum Gasteiger partial charge on any atom is 0.252 e. The van der Waals surface area contributed by atoms with Crippen molar-refractivity contribution in [3.8, 4) is 0 Å². The number of benzodiazepines with no additional fused rings is 1. The molecular weight excluding hydrogens is 489 g/mol. The highest BCUT2D eigenvalue weighted by Crippen LogP contribution is 2.33. The lowest BCUT2D eigenvalue weighted by Crippen LogP contribution is -2.44.